The van der Waals surface area contributed by atoms with Gasteiger partial charge in [-0.25, -0.2) is 13.1 Å². The van der Waals surface area contributed by atoms with Gasteiger partial charge in [0, 0.05) is 10.6 Å². The third kappa shape index (κ3) is 4.30. The topological polar surface area (TPSA) is 67.8 Å². The summed E-state index contributed by atoms with van der Waals surface area (Å²) in [5.41, 5.74) is 1.09. The van der Waals surface area contributed by atoms with E-state index in [2.05, 4.69) is 15.9 Å². The average molecular weight is 338 g/mol. The molecule has 0 aliphatic heterocycles. The number of benzene rings is 2. The third-order valence-electron chi connectivity index (χ3n) is 2.78. The molecule has 0 fully saturated rings. The number of oxime groups is 1. The minimum Gasteiger partial charge on any atom is -0.399 e. The first-order valence-corrected chi connectivity index (χ1v) is 8.21. The average Bonchev–Trinajstić information content (AvgIpc) is 2.53. The smallest absolute Gasteiger partial charge is 0.240 e. The molecule has 1 N–H and O–H groups in total. The molecule has 1 radical (unpaired) electrons. The van der Waals surface area contributed by atoms with Crippen molar-refractivity contribution in [3.63, 3.8) is 0 Å². The minimum atomic E-state index is -3.66. The second kappa shape index (κ2) is 7.40. The van der Waals surface area contributed by atoms with Crippen LogP contribution in [0.3, 0.4) is 0 Å². The van der Waals surface area contributed by atoms with Crippen molar-refractivity contribution >= 4 is 27.3 Å². The highest BCUT2D eigenvalue weighted by molar-refractivity contribution is 7.89. The number of nitrogens with one attached hydrogen (secondary N) is 1. The Labute approximate surface area is 134 Å². The van der Waals surface area contributed by atoms with Crippen LogP contribution in [-0.4, -0.2) is 27.8 Å². The lowest BCUT2D eigenvalue weighted by Gasteiger charge is -2.09. The molecule has 115 valence electrons. The van der Waals surface area contributed by atoms with Gasteiger partial charge in [-0.3, -0.25) is 0 Å². The number of hydrogen-bond donors (Lipinski definition) is 1. The van der Waals surface area contributed by atoms with E-state index in [1.807, 2.05) is 12.1 Å². The first-order valence-electron chi connectivity index (χ1n) is 6.35. The number of halogens is 1. The molecule has 0 amide bonds. The van der Waals surface area contributed by atoms with Crippen LogP contribution in [0.2, 0.25) is 5.02 Å². The number of rotatable bonds is 6. The highest BCUT2D eigenvalue weighted by Crippen LogP contribution is 2.14. The highest BCUT2D eigenvalue weighted by atomic mass is 35.5. The molecule has 7 heteroatoms. The van der Waals surface area contributed by atoms with E-state index in [1.165, 1.54) is 31.4 Å². The summed E-state index contributed by atoms with van der Waals surface area (Å²) in [5.74, 6) is 0. The maximum Gasteiger partial charge on any atom is 0.240 e. The van der Waals surface area contributed by atoms with E-state index in [9.17, 15) is 8.42 Å². The predicted octanol–water partition coefficient (Wildman–Crippen LogP) is 2.47. The van der Waals surface area contributed by atoms with Crippen LogP contribution in [0.25, 0.3) is 0 Å². The Morgan fingerprint density at radius 3 is 2.59 bits per heavy atom. The molecule has 0 aliphatic rings. The fourth-order valence-corrected chi connectivity index (χ4v) is 2.83. The van der Waals surface area contributed by atoms with Crippen LogP contribution >= 0.6 is 11.6 Å². The summed E-state index contributed by atoms with van der Waals surface area (Å²) < 4.78 is 26.9. The van der Waals surface area contributed by atoms with Crippen LogP contribution in [-0.2, 0) is 14.9 Å². The van der Waals surface area contributed by atoms with Crippen molar-refractivity contribution in [3.05, 3.63) is 65.2 Å². The van der Waals surface area contributed by atoms with Gasteiger partial charge in [-0.1, -0.05) is 41.0 Å². The van der Waals surface area contributed by atoms with Gasteiger partial charge in [0.15, 0.2) is 0 Å². The van der Waals surface area contributed by atoms with Gasteiger partial charge in [-0.05, 0) is 30.3 Å². The maximum atomic E-state index is 12.2. The van der Waals surface area contributed by atoms with Crippen molar-refractivity contribution in [1.82, 2.24) is 4.72 Å². The van der Waals surface area contributed by atoms with Crippen LogP contribution in [0.1, 0.15) is 5.56 Å². The molecule has 0 unspecified atom stereocenters. The quantitative estimate of drug-likeness (QED) is 0.650. The summed E-state index contributed by atoms with van der Waals surface area (Å²) >= 11 is 5.76. The van der Waals surface area contributed by atoms with Gasteiger partial charge in [0.25, 0.3) is 0 Å². The monoisotopic (exact) mass is 337 g/mol. The molecule has 0 saturated heterocycles. The van der Waals surface area contributed by atoms with Crippen molar-refractivity contribution in [3.8, 4) is 0 Å². The Bertz CT molecular complexity index is 744. The number of nitrogens with zero attached hydrogens (tertiary/aromatic N) is 1. The van der Waals surface area contributed by atoms with E-state index >= 15 is 0 Å². The molecule has 2 aromatic rings. The van der Waals surface area contributed by atoms with E-state index in [1.54, 1.807) is 12.1 Å². The Kier molecular flexibility index (Phi) is 5.54. The maximum absolute atomic E-state index is 12.2. The van der Waals surface area contributed by atoms with Gasteiger partial charge in [-0.15, -0.1) is 0 Å². The SMILES string of the molecule is CON=C(CNS(=O)(=O)c1ccc(Cl)cc1)c1[c]cccc1. The van der Waals surface area contributed by atoms with Crippen LogP contribution < -0.4 is 4.72 Å². The Hall–Kier alpha value is -1.89. The molecule has 0 bridgehead atoms. The normalized spacial score (nSPS) is 12.2. The lowest BCUT2D eigenvalue weighted by molar-refractivity contribution is 0.213. The molecule has 0 aromatic heterocycles. The van der Waals surface area contributed by atoms with Crippen molar-refractivity contribution in [2.24, 2.45) is 5.16 Å². The summed E-state index contributed by atoms with van der Waals surface area (Å²) in [6.45, 7) is -0.0146. The van der Waals surface area contributed by atoms with E-state index in [4.69, 9.17) is 16.4 Å². The molecule has 0 aliphatic carbocycles. The van der Waals surface area contributed by atoms with E-state index in [0.717, 1.165) is 0 Å². The standard InChI is InChI=1S/C15H14ClN2O3S/c1-21-18-15(12-5-3-2-4-6-12)11-17-22(19,20)14-9-7-13(16)8-10-14/h2-5,7-10,17H,11H2,1H3. The molecule has 0 atom stereocenters. The van der Waals surface area contributed by atoms with Gasteiger partial charge in [0.05, 0.1) is 11.4 Å². The van der Waals surface area contributed by atoms with Crippen LogP contribution in [0.15, 0.2) is 58.6 Å². The highest BCUT2D eigenvalue weighted by Gasteiger charge is 2.15. The molecule has 22 heavy (non-hydrogen) atoms. The molecular weight excluding hydrogens is 324 g/mol. The lowest BCUT2D eigenvalue weighted by Crippen LogP contribution is -2.30. The lowest BCUT2D eigenvalue weighted by atomic mass is 10.1. The van der Waals surface area contributed by atoms with Gasteiger partial charge < -0.3 is 4.84 Å². The van der Waals surface area contributed by atoms with Crippen LogP contribution in [0.4, 0.5) is 0 Å². The van der Waals surface area contributed by atoms with E-state index in [-0.39, 0.29) is 11.4 Å². The second-order valence-corrected chi connectivity index (χ2v) is 6.48. The molecule has 0 saturated carbocycles. The number of sulfonamides is 1. The van der Waals surface area contributed by atoms with Crippen LogP contribution in [0.5, 0.6) is 0 Å². The zero-order valence-corrected chi connectivity index (χ0v) is 13.4. The zero-order valence-electron chi connectivity index (χ0n) is 11.8. The molecule has 2 rings (SSSR count). The van der Waals surface area contributed by atoms with Crippen LogP contribution in [0, 0.1) is 6.07 Å². The Morgan fingerprint density at radius 1 is 1.27 bits per heavy atom. The second-order valence-electron chi connectivity index (χ2n) is 4.28. The van der Waals surface area contributed by atoms with Crippen molar-refractivity contribution in [2.75, 3.05) is 13.7 Å². The molecular formula is C15H14ClN2O3S. The molecule has 5 nitrogen and oxygen atoms in total. The van der Waals surface area contributed by atoms with E-state index in [0.29, 0.717) is 16.3 Å². The van der Waals surface area contributed by atoms with Gasteiger partial charge in [-0.2, -0.15) is 0 Å². The van der Waals surface area contributed by atoms with Gasteiger partial charge >= 0.3 is 0 Å². The fraction of sp³-hybridized carbons (Fsp3) is 0.133. The predicted molar refractivity (Wildman–Crippen MR) is 85.5 cm³/mol. The van der Waals surface area contributed by atoms with Crippen molar-refractivity contribution < 1.29 is 13.3 Å². The molecule has 0 spiro atoms. The van der Waals surface area contributed by atoms with Gasteiger partial charge in [0.1, 0.15) is 12.8 Å². The Morgan fingerprint density at radius 2 is 2.00 bits per heavy atom. The summed E-state index contributed by atoms with van der Waals surface area (Å²) in [5, 5.41) is 4.31. The van der Waals surface area contributed by atoms with Crippen molar-refractivity contribution in [1.29, 1.82) is 0 Å². The summed E-state index contributed by atoms with van der Waals surface area (Å²) in [6, 6.07) is 16.0. The largest absolute Gasteiger partial charge is 0.399 e. The summed E-state index contributed by atoms with van der Waals surface area (Å²) in [4.78, 5) is 4.89. The summed E-state index contributed by atoms with van der Waals surface area (Å²) in [6.07, 6.45) is 0. The fourth-order valence-electron chi connectivity index (χ4n) is 1.72. The first-order chi connectivity index (χ1) is 10.5. The van der Waals surface area contributed by atoms with E-state index < -0.39 is 10.0 Å². The molecule has 0 heterocycles. The summed E-state index contributed by atoms with van der Waals surface area (Å²) in [7, 11) is -2.26. The Balaban J connectivity index is 2.16. The third-order valence-corrected chi connectivity index (χ3v) is 4.44. The molecule has 2 aromatic carbocycles. The number of hydrogen-bond acceptors (Lipinski definition) is 4. The minimum absolute atomic E-state index is 0.0146. The zero-order chi connectivity index (χ0) is 16.0. The first kappa shape index (κ1) is 16.5. The van der Waals surface area contributed by atoms with Gasteiger partial charge in [0.2, 0.25) is 10.0 Å². The van der Waals surface area contributed by atoms with Crippen molar-refractivity contribution in [2.45, 2.75) is 4.90 Å².